The molecular weight excluding hydrogens is 247 g/mol. The largest absolute Gasteiger partial charge is 0.573 e. The molecule has 0 saturated heterocycles. The van der Waals surface area contributed by atoms with Crippen molar-refractivity contribution in [2.45, 2.75) is 33.2 Å². The fourth-order valence-corrected chi connectivity index (χ4v) is 1.46. The average Bonchev–Trinajstić information content (AvgIpc) is 2.17. The molecular formula is C12H16F3NO2. The van der Waals surface area contributed by atoms with E-state index in [0.717, 1.165) is 6.07 Å². The molecule has 0 spiro atoms. The maximum Gasteiger partial charge on any atom is 0.573 e. The van der Waals surface area contributed by atoms with Crippen LogP contribution in [0.2, 0.25) is 0 Å². The first-order valence-electron chi connectivity index (χ1n) is 5.35. The fraction of sp³-hybridized carbons (Fsp3) is 0.500. The first-order valence-corrected chi connectivity index (χ1v) is 5.35. The van der Waals surface area contributed by atoms with Crippen LogP contribution in [0, 0.1) is 5.41 Å². The van der Waals surface area contributed by atoms with E-state index in [1.54, 1.807) is 0 Å². The van der Waals surface area contributed by atoms with Crippen LogP contribution in [0.25, 0.3) is 0 Å². The quantitative estimate of drug-likeness (QED) is 0.860. The van der Waals surface area contributed by atoms with Crippen LogP contribution in [0.4, 0.5) is 13.2 Å². The van der Waals surface area contributed by atoms with Crippen molar-refractivity contribution in [3.05, 3.63) is 23.8 Å². The summed E-state index contributed by atoms with van der Waals surface area (Å²) >= 11 is 0. The van der Waals surface area contributed by atoms with Gasteiger partial charge < -0.3 is 15.6 Å². The molecule has 0 amide bonds. The van der Waals surface area contributed by atoms with Gasteiger partial charge >= 0.3 is 6.36 Å². The average molecular weight is 263 g/mol. The number of ether oxygens (including phenoxy) is 1. The first-order chi connectivity index (χ1) is 8.02. The van der Waals surface area contributed by atoms with Gasteiger partial charge in [0.25, 0.3) is 0 Å². The highest BCUT2D eigenvalue weighted by Crippen LogP contribution is 2.41. The predicted octanol–water partition coefficient (Wildman–Crippen LogP) is 3.34. The Labute approximate surface area is 103 Å². The maximum absolute atomic E-state index is 12.1. The second kappa shape index (κ2) is 4.68. The number of benzene rings is 1. The Morgan fingerprint density at radius 1 is 1.22 bits per heavy atom. The van der Waals surface area contributed by atoms with Crippen molar-refractivity contribution in [2.24, 2.45) is 11.1 Å². The summed E-state index contributed by atoms with van der Waals surface area (Å²) in [7, 11) is 0. The van der Waals surface area contributed by atoms with Crippen LogP contribution in [0.1, 0.15) is 32.4 Å². The van der Waals surface area contributed by atoms with Gasteiger partial charge in [0, 0.05) is 11.6 Å². The number of phenols is 1. The Morgan fingerprint density at radius 3 is 2.22 bits per heavy atom. The van der Waals surface area contributed by atoms with E-state index in [-0.39, 0.29) is 5.56 Å². The molecule has 0 aliphatic heterocycles. The van der Waals surface area contributed by atoms with E-state index in [1.807, 2.05) is 20.8 Å². The summed E-state index contributed by atoms with van der Waals surface area (Å²) in [6.07, 6.45) is -4.85. The molecule has 0 aliphatic carbocycles. The predicted molar refractivity (Wildman–Crippen MR) is 61.2 cm³/mol. The summed E-state index contributed by atoms with van der Waals surface area (Å²) in [5.74, 6) is -1.21. The fourth-order valence-electron chi connectivity index (χ4n) is 1.46. The molecule has 0 saturated carbocycles. The van der Waals surface area contributed by atoms with Crippen LogP contribution in [0.3, 0.4) is 0 Å². The van der Waals surface area contributed by atoms with E-state index < -0.39 is 29.3 Å². The van der Waals surface area contributed by atoms with E-state index in [9.17, 15) is 18.3 Å². The van der Waals surface area contributed by atoms with Crippen molar-refractivity contribution in [2.75, 3.05) is 0 Å². The van der Waals surface area contributed by atoms with Crippen molar-refractivity contribution in [3.8, 4) is 11.5 Å². The number of aromatic hydroxyl groups is 1. The number of alkyl halides is 3. The Morgan fingerprint density at radius 2 is 1.78 bits per heavy atom. The lowest BCUT2D eigenvalue weighted by Gasteiger charge is -2.28. The highest BCUT2D eigenvalue weighted by Gasteiger charge is 2.33. The molecule has 1 atom stereocenters. The molecule has 0 aliphatic rings. The number of rotatable bonds is 2. The highest BCUT2D eigenvalue weighted by atomic mass is 19.4. The minimum atomic E-state index is -4.85. The number of nitrogens with two attached hydrogens (primary N) is 1. The zero-order valence-corrected chi connectivity index (χ0v) is 10.4. The second-order valence-electron chi connectivity index (χ2n) is 5.09. The molecule has 1 rings (SSSR count). The SMILES string of the molecule is CC(C)(C)[C@H](N)c1cccc(OC(F)(F)F)c1O. The first kappa shape index (κ1) is 14.6. The zero-order valence-electron chi connectivity index (χ0n) is 10.4. The van der Waals surface area contributed by atoms with Crippen molar-refractivity contribution in [1.82, 2.24) is 0 Å². The van der Waals surface area contributed by atoms with Gasteiger partial charge in [0.1, 0.15) is 0 Å². The lowest BCUT2D eigenvalue weighted by Crippen LogP contribution is -2.26. The van der Waals surface area contributed by atoms with Crippen LogP contribution >= 0.6 is 0 Å². The highest BCUT2D eigenvalue weighted by molar-refractivity contribution is 5.47. The number of hydrogen-bond donors (Lipinski definition) is 2. The van der Waals surface area contributed by atoms with Gasteiger partial charge in [-0.2, -0.15) is 0 Å². The van der Waals surface area contributed by atoms with Crippen LogP contribution in [0.15, 0.2) is 18.2 Å². The second-order valence-corrected chi connectivity index (χ2v) is 5.09. The summed E-state index contributed by atoms with van der Waals surface area (Å²) in [6.45, 7) is 5.48. The molecule has 1 aromatic carbocycles. The lowest BCUT2D eigenvalue weighted by atomic mass is 9.82. The van der Waals surface area contributed by atoms with Gasteiger partial charge in [-0.25, -0.2) is 0 Å². The normalized spacial score (nSPS) is 14.4. The molecule has 3 nitrogen and oxygen atoms in total. The molecule has 0 aromatic heterocycles. The van der Waals surface area contributed by atoms with Crippen LogP contribution in [-0.2, 0) is 0 Å². The van der Waals surface area contributed by atoms with E-state index in [1.165, 1.54) is 12.1 Å². The van der Waals surface area contributed by atoms with Crippen molar-refractivity contribution in [3.63, 3.8) is 0 Å². The summed E-state index contributed by atoms with van der Waals surface area (Å²) in [4.78, 5) is 0. The Kier molecular flexibility index (Phi) is 3.81. The van der Waals surface area contributed by atoms with Crippen molar-refractivity contribution < 1.29 is 23.0 Å². The number of hydrogen-bond acceptors (Lipinski definition) is 3. The summed E-state index contributed by atoms with van der Waals surface area (Å²) < 4.78 is 40.1. The lowest BCUT2D eigenvalue weighted by molar-refractivity contribution is -0.275. The van der Waals surface area contributed by atoms with Gasteiger partial charge in [-0.05, 0) is 11.5 Å². The third-order valence-electron chi connectivity index (χ3n) is 2.52. The van der Waals surface area contributed by atoms with Crippen LogP contribution in [0.5, 0.6) is 11.5 Å². The topological polar surface area (TPSA) is 55.5 Å². The van der Waals surface area contributed by atoms with Gasteiger partial charge in [-0.1, -0.05) is 32.9 Å². The standard InChI is InChI=1S/C12H16F3NO2/c1-11(2,3)10(16)7-5-4-6-8(9(7)17)18-12(13,14)15/h4-6,10,17H,16H2,1-3H3/t10-/m1/s1. The van der Waals surface area contributed by atoms with Gasteiger partial charge in [0.05, 0.1) is 0 Å². The van der Waals surface area contributed by atoms with Crippen LogP contribution < -0.4 is 10.5 Å². The Hall–Kier alpha value is -1.43. The molecule has 0 unspecified atom stereocenters. The molecule has 0 fully saturated rings. The van der Waals surface area contributed by atoms with E-state index in [0.29, 0.717) is 0 Å². The number of para-hydroxylation sites is 1. The summed E-state index contributed by atoms with van der Waals surface area (Å²) in [5.41, 5.74) is 5.74. The summed E-state index contributed by atoms with van der Waals surface area (Å²) in [5, 5.41) is 9.78. The monoisotopic (exact) mass is 263 g/mol. The van der Waals surface area contributed by atoms with E-state index in [4.69, 9.17) is 5.73 Å². The van der Waals surface area contributed by atoms with Gasteiger partial charge in [-0.3, -0.25) is 0 Å². The number of phenolic OH excluding ortho intramolecular Hbond substituents is 1. The van der Waals surface area contributed by atoms with Crippen molar-refractivity contribution >= 4 is 0 Å². The summed E-state index contributed by atoms with van der Waals surface area (Å²) in [6, 6.07) is 3.28. The minimum Gasteiger partial charge on any atom is -0.504 e. The molecule has 1 aromatic rings. The third-order valence-corrected chi connectivity index (χ3v) is 2.52. The molecule has 102 valence electrons. The molecule has 0 bridgehead atoms. The van der Waals surface area contributed by atoms with E-state index >= 15 is 0 Å². The Bertz CT molecular complexity index is 424. The zero-order chi connectivity index (χ0) is 14.1. The maximum atomic E-state index is 12.1. The molecule has 3 N–H and O–H groups in total. The third kappa shape index (κ3) is 3.53. The van der Waals surface area contributed by atoms with Crippen molar-refractivity contribution in [1.29, 1.82) is 0 Å². The molecule has 0 radical (unpaired) electrons. The number of halogens is 3. The molecule has 6 heteroatoms. The minimum absolute atomic E-state index is 0.226. The van der Waals surface area contributed by atoms with Gasteiger partial charge in [0.2, 0.25) is 0 Å². The van der Waals surface area contributed by atoms with Gasteiger partial charge in [-0.15, -0.1) is 13.2 Å². The van der Waals surface area contributed by atoms with Crippen LogP contribution in [-0.4, -0.2) is 11.5 Å². The van der Waals surface area contributed by atoms with Gasteiger partial charge in [0.15, 0.2) is 11.5 Å². The molecule has 18 heavy (non-hydrogen) atoms. The molecule has 0 heterocycles. The smallest absolute Gasteiger partial charge is 0.504 e. The van der Waals surface area contributed by atoms with E-state index in [2.05, 4.69) is 4.74 Å². The Balaban J connectivity index is 3.14.